The van der Waals surface area contributed by atoms with E-state index in [-0.39, 0.29) is 12.8 Å². The first-order valence-corrected chi connectivity index (χ1v) is 19.7. The van der Waals surface area contributed by atoms with Crippen LogP contribution in [0.1, 0.15) is 175 Å². The molecule has 0 spiro atoms. The third kappa shape index (κ3) is 24.6. The van der Waals surface area contributed by atoms with E-state index in [2.05, 4.69) is 62.5 Å². The molecule has 0 aromatic carbocycles. The van der Waals surface area contributed by atoms with Gasteiger partial charge in [0.2, 0.25) is 0 Å². The van der Waals surface area contributed by atoms with Gasteiger partial charge in [0.15, 0.2) is 0 Å². The van der Waals surface area contributed by atoms with Crippen molar-refractivity contribution in [1.82, 2.24) is 0 Å². The van der Waals surface area contributed by atoms with Crippen LogP contribution in [-0.4, -0.2) is 52.9 Å². The summed E-state index contributed by atoms with van der Waals surface area (Å²) in [6.45, 7) is 3.63. The summed E-state index contributed by atoms with van der Waals surface area (Å²) in [4.78, 5) is 25.6. The van der Waals surface area contributed by atoms with Gasteiger partial charge in [-0.2, -0.15) is 0 Å². The lowest BCUT2D eigenvalue weighted by Gasteiger charge is -2.43. The number of esters is 2. The van der Waals surface area contributed by atoms with Crippen LogP contribution in [0.2, 0.25) is 0 Å². The highest BCUT2D eigenvalue weighted by molar-refractivity contribution is 5.72. The van der Waals surface area contributed by atoms with Crippen LogP contribution in [0, 0.1) is 5.41 Å². The molecule has 0 heterocycles. The van der Waals surface area contributed by atoms with E-state index in [1.165, 1.54) is 58.3 Å². The second-order valence-electron chi connectivity index (χ2n) is 13.6. The summed E-state index contributed by atoms with van der Waals surface area (Å²) in [7, 11) is 0. The van der Waals surface area contributed by atoms with Gasteiger partial charge in [0.1, 0.15) is 5.41 Å². The SMILES string of the molecule is CCCCC/C=C\C/C=C\CCCCCCCC(=O)OC(C)(OC(=O)CCCCCCC/C=C\C/C=C\CCCCC)C(CO)(CO)CO. The lowest BCUT2D eigenvalue weighted by molar-refractivity contribution is -0.284. The number of ether oxygens (including phenoxy) is 2. The molecule has 0 aliphatic heterocycles. The Balaban J connectivity index is 4.39. The monoisotopic (exact) mass is 691 g/mol. The van der Waals surface area contributed by atoms with Gasteiger partial charge in [-0.1, -0.05) is 127 Å². The van der Waals surface area contributed by atoms with Crippen molar-refractivity contribution in [2.24, 2.45) is 5.41 Å². The third-order valence-electron chi connectivity index (χ3n) is 9.15. The number of carbonyl (C=O) groups is 2. The molecule has 284 valence electrons. The Kier molecular flexibility index (Phi) is 31.5. The zero-order valence-electron chi connectivity index (χ0n) is 31.7. The van der Waals surface area contributed by atoms with Crippen molar-refractivity contribution in [3.8, 4) is 0 Å². The van der Waals surface area contributed by atoms with Gasteiger partial charge in [-0.15, -0.1) is 0 Å². The molecule has 0 amide bonds. The number of rotatable bonds is 34. The number of hydrogen-bond acceptors (Lipinski definition) is 7. The highest BCUT2D eigenvalue weighted by atomic mass is 16.7. The van der Waals surface area contributed by atoms with Gasteiger partial charge < -0.3 is 24.8 Å². The summed E-state index contributed by atoms with van der Waals surface area (Å²) >= 11 is 0. The van der Waals surface area contributed by atoms with Crippen molar-refractivity contribution in [3.63, 3.8) is 0 Å². The van der Waals surface area contributed by atoms with Crippen molar-refractivity contribution in [2.45, 2.75) is 181 Å². The second-order valence-corrected chi connectivity index (χ2v) is 13.6. The summed E-state index contributed by atoms with van der Waals surface area (Å²) in [6, 6.07) is 0. The maximum Gasteiger partial charge on any atom is 0.309 e. The third-order valence-corrected chi connectivity index (χ3v) is 9.15. The van der Waals surface area contributed by atoms with Gasteiger partial charge in [0.05, 0.1) is 19.8 Å². The molecule has 0 unspecified atom stereocenters. The first-order chi connectivity index (χ1) is 23.8. The molecule has 0 aromatic rings. The van der Waals surface area contributed by atoms with Gasteiger partial charge in [-0.05, 0) is 77.0 Å². The van der Waals surface area contributed by atoms with Crippen LogP contribution in [0.15, 0.2) is 48.6 Å². The smallest absolute Gasteiger partial charge is 0.309 e. The van der Waals surface area contributed by atoms with Crippen LogP contribution in [-0.2, 0) is 19.1 Å². The number of aliphatic hydroxyl groups excluding tert-OH is 3. The average molecular weight is 691 g/mol. The van der Waals surface area contributed by atoms with Crippen LogP contribution in [0.5, 0.6) is 0 Å². The first-order valence-electron chi connectivity index (χ1n) is 19.7. The van der Waals surface area contributed by atoms with Gasteiger partial charge in [-0.25, -0.2) is 0 Å². The standard InChI is InChI=1S/C42H74O7/c1-4-6-8-10-12-14-16-18-20-22-24-26-28-30-32-34-39(46)48-41(3,42(36-43,37-44)38-45)49-40(47)35-33-31-29-27-25-23-21-19-17-15-13-11-9-7-5-2/h12-15,18-21,43-45H,4-11,16-17,22-38H2,1-3H3/b14-12-,15-13-,20-18-,21-19-. The number of hydrogen-bond donors (Lipinski definition) is 3. The van der Waals surface area contributed by atoms with E-state index in [1.54, 1.807) is 0 Å². The van der Waals surface area contributed by atoms with Crippen LogP contribution >= 0.6 is 0 Å². The molecule has 0 atom stereocenters. The highest BCUT2D eigenvalue weighted by Crippen LogP contribution is 2.36. The second kappa shape index (κ2) is 33.0. The number of allylic oxidation sites excluding steroid dienone is 8. The summed E-state index contributed by atoms with van der Waals surface area (Å²) < 4.78 is 11.2. The molecule has 0 aromatic heterocycles. The van der Waals surface area contributed by atoms with E-state index >= 15 is 0 Å². The van der Waals surface area contributed by atoms with Gasteiger partial charge in [0, 0.05) is 19.8 Å². The lowest BCUT2D eigenvalue weighted by atomic mass is 9.81. The molecule has 0 aliphatic rings. The normalized spacial score (nSPS) is 12.7. The minimum atomic E-state index is -1.99. The summed E-state index contributed by atoms with van der Waals surface area (Å²) in [5.41, 5.74) is -1.73. The van der Waals surface area contributed by atoms with Crippen LogP contribution in [0.4, 0.5) is 0 Å². The van der Waals surface area contributed by atoms with Gasteiger partial charge in [-0.3, -0.25) is 9.59 Å². The lowest BCUT2D eigenvalue weighted by Crippen LogP contribution is -2.58. The predicted octanol–water partition coefficient (Wildman–Crippen LogP) is 10.4. The fourth-order valence-corrected chi connectivity index (χ4v) is 5.52. The molecule has 0 saturated carbocycles. The Morgan fingerprint density at radius 2 is 0.776 bits per heavy atom. The van der Waals surface area contributed by atoms with Crippen molar-refractivity contribution in [2.75, 3.05) is 19.8 Å². The molecule has 0 bridgehead atoms. The maximum atomic E-state index is 12.8. The molecule has 49 heavy (non-hydrogen) atoms. The molecule has 3 N–H and O–H groups in total. The summed E-state index contributed by atoms with van der Waals surface area (Å²) in [6.07, 6.45) is 41.6. The molecule has 7 nitrogen and oxygen atoms in total. The van der Waals surface area contributed by atoms with Crippen molar-refractivity contribution < 1.29 is 34.4 Å². The summed E-state index contributed by atoms with van der Waals surface area (Å²) in [5, 5.41) is 30.2. The molecule has 0 aliphatic carbocycles. The molecule has 7 heteroatoms. The van der Waals surface area contributed by atoms with Crippen molar-refractivity contribution in [1.29, 1.82) is 0 Å². The first kappa shape index (κ1) is 46.8. The fraction of sp³-hybridized carbons (Fsp3) is 0.762. The molecular formula is C42H74O7. The zero-order chi connectivity index (χ0) is 36.3. The number of unbranched alkanes of at least 4 members (excludes halogenated alkanes) is 16. The Hall–Kier alpha value is -2.22. The highest BCUT2D eigenvalue weighted by Gasteiger charge is 2.54. The molecule has 0 radical (unpaired) electrons. The fourth-order valence-electron chi connectivity index (χ4n) is 5.52. The Labute approximate surface area is 300 Å². The maximum absolute atomic E-state index is 12.8. The van der Waals surface area contributed by atoms with Crippen LogP contribution in [0.3, 0.4) is 0 Å². The van der Waals surface area contributed by atoms with E-state index in [0.717, 1.165) is 77.0 Å². The molecule has 0 fully saturated rings. The van der Waals surface area contributed by atoms with E-state index in [0.29, 0.717) is 12.8 Å². The predicted molar refractivity (Wildman–Crippen MR) is 203 cm³/mol. The minimum Gasteiger partial charge on any atom is -0.422 e. The Morgan fingerprint density at radius 1 is 0.469 bits per heavy atom. The molecule has 0 rings (SSSR count). The zero-order valence-corrected chi connectivity index (χ0v) is 31.7. The van der Waals surface area contributed by atoms with Crippen molar-refractivity contribution in [3.05, 3.63) is 48.6 Å². The Bertz CT molecular complexity index is 832. The van der Waals surface area contributed by atoms with Crippen molar-refractivity contribution >= 4 is 11.9 Å². The van der Waals surface area contributed by atoms with E-state index in [9.17, 15) is 24.9 Å². The largest absolute Gasteiger partial charge is 0.422 e. The molecular weight excluding hydrogens is 616 g/mol. The number of carbonyl (C=O) groups excluding carboxylic acids is 2. The van der Waals surface area contributed by atoms with Gasteiger partial charge >= 0.3 is 11.9 Å². The van der Waals surface area contributed by atoms with Gasteiger partial charge in [0.25, 0.3) is 5.79 Å². The van der Waals surface area contributed by atoms with E-state index < -0.39 is 43.0 Å². The Morgan fingerprint density at radius 3 is 1.10 bits per heavy atom. The van der Waals surface area contributed by atoms with Crippen LogP contribution < -0.4 is 0 Å². The average Bonchev–Trinajstić information content (AvgIpc) is 3.09. The summed E-state index contributed by atoms with van der Waals surface area (Å²) in [5.74, 6) is -3.16. The van der Waals surface area contributed by atoms with E-state index in [4.69, 9.17) is 9.47 Å². The quantitative estimate of drug-likeness (QED) is 0.0266. The topological polar surface area (TPSA) is 113 Å². The minimum absolute atomic E-state index is 0.126. The van der Waals surface area contributed by atoms with E-state index in [1.807, 2.05) is 0 Å². The molecule has 0 saturated heterocycles. The van der Waals surface area contributed by atoms with Crippen LogP contribution in [0.25, 0.3) is 0 Å². The number of aliphatic hydroxyl groups is 3.